The number of morpholine rings is 1. The van der Waals surface area contributed by atoms with Crippen LogP contribution in [0.4, 0.5) is 0 Å². The standard InChI is InChI=1S/C21H30N4O2S/c1-3-22-21(28)25(8-4-7-24-9-11-27-12-10-24)15-18-14-17-6-5-16(2)13-19(17)23-20(18)26/h5-6,13-14H,3-4,7-12,15H2,1-2H3,(H,22,28)(H,23,26)/p+1. The molecule has 1 aliphatic heterocycles. The Morgan fingerprint density at radius 2 is 2.11 bits per heavy atom. The maximum atomic E-state index is 12.6. The molecule has 1 aliphatic rings. The molecule has 0 aliphatic carbocycles. The van der Waals surface area contributed by atoms with Crippen molar-refractivity contribution in [2.45, 2.75) is 26.8 Å². The van der Waals surface area contributed by atoms with E-state index < -0.39 is 0 Å². The smallest absolute Gasteiger partial charge is 0.253 e. The van der Waals surface area contributed by atoms with Crippen LogP contribution in [-0.4, -0.2) is 60.9 Å². The zero-order valence-electron chi connectivity index (χ0n) is 16.8. The zero-order chi connectivity index (χ0) is 19.9. The molecule has 28 heavy (non-hydrogen) atoms. The molecule has 0 saturated carbocycles. The largest absolute Gasteiger partial charge is 0.370 e. The van der Waals surface area contributed by atoms with Crippen LogP contribution < -0.4 is 15.8 Å². The molecule has 2 heterocycles. The van der Waals surface area contributed by atoms with Gasteiger partial charge in [0.2, 0.25) is 0 Å². The number of rotatable bonds is 7. The number of thiocarbonyl (C=S) groups is 1. The van der Waals surface area contributed by atoms with E-state index in [1.165, 1.54) is 0 Å². The van der Waals surface area contributed by atoms with Crippen LogP contribution in [0.2, 0.25) is 0 Å². The summed E-state index contributed by atoms with van der Waals surface area (Å²) in [6, 6.07) is 8.12. The zero-order valence-corrected chi connectivity index (χ0v) is 17.7. The molecule has 1 aromatic carbocycles. The lowest BCUT2D eigenvalue weighted by Crippen LogP contribution is -3.14. The summed E-state index contributed by atoms with van der Waals surface area (Å²) < 4.78 is 5.43. The second-order valence-electron chi connectivity index (χ2n) is 7.44. The second-order valence-corrected chi connectivity index (χ2v) is 7.82. The number of hydrogen-bond acceptors (Lipinski definition) is 3. The molecule has 0 radical (unpaired) electrons. The van der Waals surface area contributed by atoms with Crippen LogP contribution in [0.25, 0.3) is 10.9 Å². The van der Waals surface area contributed by atoms with Gasteiger partial charge in [0.25, 0.3) is 5.56 Å². The Bertz CT molecular complexity index is 861. The van der Waals surface area contributed by atoms with Crippen molar-refractivity contribution in [1.29, 1.82) is 0 Å². The van der Waals surface area contributed by atoms with Crippen LogP contribution in [0.5, 0.6) is 0 Å². The summed E-state index contributed by atoms with van der Waals surface area (Å²) in [5, 5.41) is 5.00. The number of aromatic nitrogens is 1. The van der Waals surface area contributed by atoms with Crippen LogP contribution in [0.1, 0.15) is 24.5 Å². The molecule has 3 N–H and O–H groups in total. The molecule has 0 amide bonds. The molecule has 152 valence electrons. The Hall–Kier alpha value is -1.96. The lowest BCUT2D eigenvalue weighted by molar-refractivity contribution is -0.908. The van der Waals surface area contributed by atoms with E-state index in [2.05, 4.69) is 27.3 Å². The van der Waals surface area contributed by atoms with Gasteiger partial charge in [-0.1, -0.05) is 12.1 Å². The third-order valence-electron chi connectivity index (χ3n) is 5.21. The van der Waals surface area contributed by atoms with Crippen molar-refractivity contribution in [3.05, 3.63) is 45.7 Å². The van der Waals surface area contributed by atoms with E-state index in [0.29, 0.717) is 11.7 Å². The first kappa shape index (κ1) is 20.8. The average molecular weight is 404 g/mol. The Morgan fingerprint density at radius 1 is 1.32 bits per heavy atom. The molecular weight excluding hydrogens is 372 g/mol. The Labute approximate surface area is 171 Å². The third-order valence-corrected chi connectivity index (χ3v) is 5.62. The van der Waals surface area contributed by atoms with E-state index in [-0.39, 0.29) is 5.56 Å². The van der Waals surface area contributed by atoms with Gasteiger partial charge in [-0.25, -0.2) is 0 Å². The molecule has 0 spiro atoms. The predicted octanol–water partition coefficient (Wildman–Crippen LogP) is 0.838. The molecule has 0 bridgehead atoms. The summed E-state index contributed by atoms with van der Waals surface area (Å²) in [5.74, 6) is 0. The van der Waals surface area contributed by atoms with Gasteiger partial charge in [-0.15, -0.1) is 0 Å². The number of fused-ring (bicyclic) bond motifs is 1. The summed E-state index contributed by atoms with van der Waals surface area (Å²) in [5.41, 5.74) is 2.72. The average Bonchev–Trinajstić information content (AvgIpc) is 2.68. The van der Waals surface area contributed by atoms with Crippen LogP contribution in [-0.2, 0) is 11.3 Å². The number of benzene rings is 1. The van der Waals surface area contributed by atoms with Crippen LogP contribution in [0, 0.1) is 6.92 Å². The number of ether oxygens (including phenoxy) is 1. The minimum absolute atomic E-state index is 0.0406. The normalized spacial score (nSPS) is 14.9. The lowest BCUT2D eigenvalue weighted by Gasteiger charge is -2.28. The van der Waals surface area contributed by atoms with E-state index in [9.17, 15) is 4.79 Å². The molecular formula is C21H31N4O2S+. The number of hydrogen-bond donors (Lipinski definition) is 3. The number of H-pyrrole nitrogens is 1. The molecule has 0 unspecified atom stereocenters. The van der Waals surface area contributed by atoms with Crippen LogP contribution in [0.3, 0.4) is 0 Å². The molecule has 1 aromatic heterocycles. The van der Waals surface area contributed by atoms with Gasteiger partial charge in [-0.05, 0) is 49.1 Å². The fourth-order valence-electron chi connectivity index (χ4n) is 3.63. The van der Waals surface area contributed by atoms with Crippen molar-refractivity contribution in [2.24, 2.45) is 0 Å². The number of nitrogens with zero attached hydrogens (tertiary/aromatic N) is 1. The van der Waals surface area contributed by atoms with Gasteiger partial charge in [0.15, 0.2) is 5.11 Å². The Balaban J connectivity index is 1.70. The van der Waals surface area contributed by atoms with Gasteiger partial charge in [-0.2, -0.15) is 0 Å². The van der Waals surface area contributed by atoms with Gasteiger partial charge in [-0.3, -0.25) is 4.79 Å². The minimum atomic E-state index is -0.0406. The fourth-order valence-corrected chi connectivity index (χ4v) is 3.93. The Kier molecular flexibility index (Phi) is 7.42. The van der Waals surface area contributed by atoms with E-state index in [1.807, 2.05) is 26.0 Å². The first-order valence-corrected chi connectivity index (χ1v) is 10.5. The highest BCUT2D eigenvalue weighted by Gasteiger charge is 2.16. The van der Waals surface area contributed by atoms with Gasteiger partial charge in [0.05, 0.1) is 26.3 Å². The highest BCUT2D eigenvalue weighted by molar-refractivity contribution is 7.80. The minimum Gasteiger partial charge on any atom is -0.370 e. The van der Waals surface area contributed by atoms with E-state index in [0.717, 1.165) is 74.4 Å². The van der Waals surface area contributed by atoms with Crippen molar-refractivity contribution in [1.82, 2.24) is 15.2 Å². The topological polar surface area (TPSA) is 61.8 Å². The number of nitrogens with one attached hydrogen (secondary N) is 3. The molecule has 7 heteroatoms. The van der Waals surface area contributed by atoms with Crippen molar-refractivity contribution in [3.8, 4) is 0 Å². The quantitative estimate of drug-likeness (QED) is 0.598. The molecule has 3 rings (SSSR count). The van der Waals surface area contributed by atoms with Crippen molar-refractivity contribution >= 4 is 28.2 Å². The molecule has 0 atom stereocenters. The van der Waals surface area contributed by atoms with Gasteiger partial charge in [0.1, 0.15) is 13.1 Å². The van der Waals surface area contributed by atoms with Gasteiger partial charge in [0, 0.05) is 30.6 Å². The number of quaternary nitrogens is 1. The number of pyridine rings is 1. The van der Waals surface area contributed by atoms with Crippen molar-refractivity contribution < 1.29 is 9.64 Å². The third kappa shape index (κ3) is 5.53. The SMILES string of the molecule is CCNC(=S)N(CCC[NH+]1CCOCC1)Cc1cc2ccc(C)cc2[nH]c1=O. The van der Waals surface area contributed by atoms with Crippen molar-refractivity contribution in [2.75, 3.05) is 45.9 Å². The summed E-state index contributed by atoms with van der Waals surface area (Å²) in [7, 11) is 0. The summed E-state index contributed by atoms with van der Waals surface area (Å²) in [6.45, 7) is 11.1. The summed E-state index contributed by atoms with van der Waals surface area (Å²) in [4.78, 5) is 19.3. The molecule has 1 fully saturated rings. The maximum absolute atomic E-state index is 12.6. The summed E-state index contributed by atoms with van der Waals surface area (Å²) >= 11 is 5.58. The van der Waals surface area contributed by atoms with Crippen LogP contribution in [0.15, 0.2) is 29.1 Å². The van der Waals surface area contributed by atoms with Crippen LogP contribution >= 0.6 is 12.2 Å². The second kappa shape index (κ2) is 10.0. The predicted molar refractivity (Wildman–Crippen MR) is 117 cm³/mol. The highest BCUT2D eigenvalue weighted by atomic mass is 32.1. The number of aromatic amines is 1. The monoisotopic (exact) mass is 403 g/mol. The fraction of sp³-hybridized carbons (Fsp3) is 0.524. The number of aryl methyl sites for hydroxylation is 1. The van der Waals surface area contributed by atoms with Gasteiger partial charge >= 0.3 is 0 Å². The molecule has 6 nitrogen and oxygen atoms in total. The van der Waals surface area contributed by atoms with E-state index in [4.69, 9.17) is 17.0 Å². The maximum Gasteiger partial charge on any atom is 0.253 e. The summed E-state index contributed by atoms with van der Waals surface area (Å²) in [6.07, 6.45) is 1.03. The highest BCUT2D eigenvalue weighted by Crippen LogP contribution is 2.14. The van der Waals surface area contributed by atoms with E-state index >= 15 is 0 Å². The molecule has 1 saturated heterocycles. The molecule has 2 aromatic rings. The lowest BCUT2D eigenvalue weighted by atomic mass is 10.1. The van der Waals surface area contributed by atoms with Gasteiger partial charge < -0.3 is 24.8 Å². The van der Waals surface area contributed by atoms with E-state index in [1.54, 1.807) is 4.90 Å². The van der Waals surface area contributed by atoms with Crippen molar-refractivity contribution in [3.63, 3.8) is 0 Å². The Morgan fingerprint density at radius 3 is 2.86 bits per heavy atom. The first-order chi connectivity index (χ1) is 13.6. The first-order valence-electron chi connectivity index (χ1n) is 10.1.